The topological polar surface area (TPSA) is 94.6 Å². The van der Waals surface area contributed by atoms with Crippen LogP contribution in [0, 0.1) is 0 Å². The number of ether oxygens (including phenoxy) is 2. The van der Waals surface area contributed by atoms with Gasteiger partial charge in [0.2, 0.25) is 0 Å². The molecule has 0 aliphatic heterocycles. The lowest BCUT2D eigenvalue weighted by atomic mass is 10.0. The molecule has 0 aliphatic rings. The van der Waals surface area contributed by atoms with Gasteiger partial charge in [0.25, 0.3) is 5.91 Å². The third-order valence-corrected chi connectivity index (χ3v) is 3.75. The van der Waals surface area contributed by atoms with E-state index in [0.29, 0.717) is 24.1 Å². The lowest BCUT2D eigenvalue weighted by molar-refractivity contribution is -0.157. The molecule has 1 heterocycles. The molecule has 0 bridgehead atoms. The number of nitrogens with one attached hydrogen (secondary N) is 1. The number of pyridine rings is 1. The Balaban J connectivity index is 2.57. The summed E-state index contributed by atoms with van der Waals surface area (Å²) in [4.78, 5) is 38.7. The molecular weight excluding hydrogens is 312 g/mol. The van der Waals surface area contributed by atoms with E-state index in [1.165, 1.54) is 25.3 Å². The quantitative estimate of drug-likeness (QED) is 0.730. The van der Waals surface area contributed by atoms with E-state index in [2.05, 4.69) is 10.3 Å². The van der Waals surface area contributed by atoms with Crippen LogP contribution in [-0.4, -0.2) is 35.0 Å². The van der Waals surface area contributed by atoms with Gasteiger partial charge in [-0.15, -0.1) is 0 Å². The second-order valence-electron chi connectivity index (χ2n) is 5.63. The summed E-state index contributed by atoms with van der Waals surface area (Å²) in [5.41, 5.74) is 0.258. The van der Waals surface area contributed by atoms with Gasteiger partial charge in [0.1, 0.15) is 18.8 Å². The van der Waals surface area contributed by atoms with Crippen molar-refractivity contribution in [3.8, 4) is 0 Å². The Bertz CT molecular complexity index is 596. The van der Waals surface area contributed by atoms with Crippen LogP contribution >= 0.6 is 0 Å². The highest BCUT2D eigenvalue weighted by molar-refractivity contribution is 5.95. The van der Waals surface area contributed by atoms with Gasteiger partial charge in [-0.2, -0.15) is 0 Å². The maximum atomic E-state index is 12.1. The molecule has 132 valence electrons. The fraction of sp³-hybridized carbons (Fsp3) is 0.529. The highest BCUT2D eigenvalue weighted by atomic mass is 16.6. The molecule has 1 amide bonds. The molecule has 0 radical (unpaired) electrons. The number of nitrogens with zero attached hydrogens (tertiary/aromatic N) is 1. The van der Waals surface area contributed by atoms with Gasteiger partial charge in [-0.25, -0.2) is 0 Å². The minimum absolute atomic E-state index is 0.0101. The minimum atomic E-state index is -0.518. The van der Waals surface area contributed by atoms with Crippen LogP contribution in [0.4, 0.5) is 0 Å². The molecule has 0 saturated carbocycles. The molecule has 0 aromatic carbocycles. The van der Waals surface area contributed by atoms with Crippen molar-refractivity contribution in [1.29, 1.82) is 0 Å². The molecule has 1 aromatic rings. The monoisotopic (exact) mass is 336 g/mol. The van der Waals surface area contributed by atoms with Crippen molar-refractivity contribution >= 4 is 17.8 Å². The zero-order valence-electron chi connectivity index (χ0n) is 14.5. The molecule has 0 spiro atoms. The van der Waals surface area contributed by atoms with Crippen molar-refractivity contribution in [2.45, 2.75) is 52.7 Å². The zero-order valence-corrected chi connectivity index (χ0v) is 14.5. The largest absolute Gasteiger partial charge is 0.459 e. The first-order valence-electron chi connectivity index (χ1n) is 7.88. The zero-order chi connectivity index (χ0) is 18.2. The number of aromatic nitrogens is 1. The third-order valence-electron chi connectivity index (χ3n) is 3.75. The first kappa shape index (κ1) is 19.6. The van der Waals surface area contributed by atoms with Crippen LogP contribution in [-0.2, 0) is 25.7 Å². The van der Waals surface area contributed by atoms with Gasteiger partial charge in [-0.3, -0.25) is 19.4 Å². The van der Waals surface area contributed by atoms with Crippen LogP contribution in [0.15, 0.2) is 18.3 Å². The van der Waals surface area contributed by atoms with E-state index in [0.717, 1.165) is 0 Å². The smallest absolute Gasteiger partial charge is 0.325 e. The van der Waals surface area contributed by atoms with Crippen molar-refractivity contribution in [3.05, 3.63) is 29.6 Å². The Morgan fingerprint density at radius 1 is 1.25 bits per heavy atom. The summed E-state index contributed by atoms with van der Waals surface area (Å²) in [5, 5.41) is 2.51. The minimum Gasteiger partial charge on any atom is -0.459 e. The van der Waals surface area contributed by atoms with E-state index in [-0.39, 0.29) is 13.2 Å². The second-order valence-corrected chi connectivity index (χ2v) is 5.63. The first-order chi connectivity index (χ1) is 11.3. The van der Waals surface area contributed by atoms with Crippen LogP contribution in [0.25, 0.3) is 0 Å². The average Bonchev–Trinajstić information content (AvgIpc) is 2.58. The molecule has 24 heavy (non-hydrogen) atoms. The van der Waals surface area contributed by atoms with Crippen LogP contribution in [0.3, 0.4) is 0 Å². The number of hydrogen-bond acceptors (Lipinski definition) is 6. The summed E-state index contributed by atoms with van der Waals surface area (Å²) >= 11 is 0. The molecule has 1 aromatic heterocycles. The van der Waals surface area contributed by atoms with Crippen molar-refractivity contribution < 1.29 is 23.9 Å². The Morgan fingerprint density at radius 3 is 2.50 bits per heavy atom. The van der Waals surface area contributed by atoms with Gasteiger partial charge in [-0.05, 0) is 31.9 Å². The predicted octanol–water partition coefficient (Wildman–Crippen LogP) is 2.00. The standard InChI is InChI=1S/C17H24N2O5/c1-5-17(4,6-2)24-15(21)10-19-16(22)13-7-8-18-14(9-13)11-23-12(3)20/h7-9H,5-6,10-11H2,1-4H3,(H,19,22). The highest BCUT2D eigenvalue weighted by Crippen LogP contribution is 2.19. The van der Waals surface area contributed by atoms with Crippen LogP contribution in [0.2, 0.25) is 0 Å². The number of carbonyl (C=O) groups excluding carboxylic acids is 3. The number of amides is 1. The van der Waals surface area contributed by atoms with E-state index in [1.807, 2.05) is 20.8 Å². The molecule has 0 unspecified atom stereocenters. The fourth-order valence-electron chi connectivity index (χ4n) is 1.83. The number of carbonyl (C=O) groups is 3. The molecule has 0 atom stereocenters. The molecule has 7 nitrogen and oxygen atoms in total. The van der Waals surface area contributed by atoms with E-state index in [1.54, 1.807) is 0 Å². The van der Waals surface area contributed by atoms with Gasteiger partial charge in [0, 0.05) is 18.7 Å². The van der Waals surface area contributed by atoms with E-state index < -0.39 is 23.4 Å². The first-order valence-corrected chi connectivity index (χ1v) is 7.88. The second kappa shape index (κ2) is 9.00. The maximum Gasteiger partial charge on any atom is 0.325 e. The Labute approximate surface area is 141 Å². The lowest BCUT2D eigenvalue weighted by Gasteiger charge is -2.26. The molecule has 1 rings (SSSR count). The van der Waals surface area contributed by atoms with Crippen LogP contribution in [0.1, 0.15) is 56.6 Å². The Morgan fingerprint density at radius 2 is 1.92 bits per heavy atom. The van der Waals surface area contributed by atoms with Gasteiger partial charge in [-0.1, -0.05) is 13.8 Å². The number of hydrogen-bond donors (Lipinski definition) is 1. The lowest BCUT2D eigenvalue weighted by Crippen LogP contribution is -2.37. The SMILES string of the molecule is CCC(C)(CC)OC(=O)CNC(=O)c1ccnc(COC(C)=O)c1. The number of rotatable bonds is 8. The molecule has 0 saturated heterocycles. The summed E-state index contributed by atoms with van der Waals surface area (Å²) in [6.07, 6.45) is 2.84. The van der Waals surface area contributed by atoms with E-state index in [9.17, 15) is 14.4 Å². The van der Waals surface area contributed by atoms with Gasteiger partial charge in [0.05, 0.1) is 5.69 Å². The molecule has 7 heteroatoms. The highest BCUT2D eigenvalue weighted by Gasteiger charge is 2.24. The molecule has 0 fully saturated rings. The van der Waals surface area contributed by atoms with Gasteiger partial charge >= 0.3 is 11.9 Å². The summed E-state index contributed by atoms with van der Waals surface area (Å²) in [6, 6.07) is 3.02. The average molecular weight is 336 g/mol. The van der Waals surface area contributed by atoms with Crippen molar-refractivity contribution in [1.82, 2.24) is 10.3 Å². The molecule has 0 aliphatic carbocycles. The Kier molecular flexibility index (Phi) is 7.35. The summed E-state index contributed by atoms with van der Waals surface area (Å²) in [5.74, 6) is -1.33. The van der Waals surface area contributed by atoms with Crippen molar-refractivity contribution in [2.24, 2.45) is 0 Å². The molecule has 1 N–H and O–H groups in total. The maximum absolute atomic E-state index is 12.1. The fourth-order valence-corrected chi connectivity index (χ4v) is 1.83. The van der Waals surface area contributed by atoms with Crippen molar-refractivity contribution in [2.75, 3.05) is 6.54 Å². The predicted molar refractivity (Wildman–Crippen MR) is 87.1 cm³/mol. The summed E-state index contributed by atoms with van der Waals surface area (Å²) < 4.78 is 10.2. The summed E-state index contributed by atoms with van der Waals surface area (Å²) in [7, 11) is 0. The van der Waals surface area contributed by atoms with Crippen LogP contribution in [0.5, 0.6) is 0 Å². The van der Waals surface area contributed by atoms with E-state index >= 15 is 0 Å². The van der Waals surface area contributed by atoms with E-state index in [4.69, 9.17) is 9.47 Å². The molecular formula is C17H24N2O5. The van der Waals surface area contributed by atoms with Crippen LogP contribution < -0.4 is 5.32 Å². The number of esters is 2. The summed E-state index contributed by atoms with van der Waals surface area (Å²) in [6.45, 7) is 6.81. The van der Waals surface area contributed by atoms with Gasteiger partial charge in [0.15, 0.2) is 0 Å². The van der Waals surface area contributed by atoms with Gasteiger partial charge < -0.3 is 14.8 Å². The Hall–Kier alpha value is -2.44. The third kappa shape index (κ3) is 6.36. The normalized spacial score (nSPS) is 10.8. The van der Waals surface area contributed by atoms with Crippen molar-refractivity contribution in [3.63, 3.8) is 0 Å².